The third-order valence-corrected chi connectivity index (χ3v) is 4.85. The van der Waals surface area contributed by atoms with Crippen molar-refractivity contribution in [1.82, 2.24) is 0 Å². The van der Waals surface area contributed by atoms with Crippen molar-refractivity contribution in [2.24, 2.45) is 10.2 Å². The lowest BCUT2D eigenvalue weighted by molar-refractivity contribution is -0.126. The van der Waals surface area contributed by atoms with Crippen molar-refractivity contribution >= 4 is 46.3 Å². The van der Waals surface area contributed by atoms with Gasteiger partial charge < -0.3 is 24.3 Å². The van der Waals surface area contributed by atoms with E-state index in [1.165, 1.54) is 33.3 Å². The summed E-state index contributed by atoms with van der Waals surface area (Å²) in [5, 5.41) is 11.0. The molecule has 1 unspecified atom stereocenters. The highest BCUT2D eigenvalue weighted by Gasteiger charge is 2.26. The van der Waals surface area contributed by atoms with Crippen LogP contribution in [0.25, 0.3) is 0 Å². The number of nitrogens with one attached hydrogen (secondary N) is 1. The van der Waals surface area contributed by atoms with Gasteiger partial charge in [0.15, 0.2) is 17.3 Å². The van der Waals surface area contributed by atoms with Gasteiger partial charge in [0.05, 0.1) is 27.4 Å². The van der Waals surface area contributed by atoms with Gasteiger partial charge in [0, 0.05) is 11.1 Å². The number of carbonyl (C=O) groups is 2. The molecule has 0 aliphatic rings. The summed E-state index contributed by atoms with van der Waals surface area (Å²) in [5.41, 5.74) is 0.352. The number of hydrogen-bond donors (Lipinski definition) is 1. The monoisotopic (exact) mass is 497 g/mol. The topological polar surface area (TPSA) is 108 Å². The Labute approximate surface area is 202 Å². The molecule has 0 radical (unpaired) electrons. The van der Waals surface area contributed by atoms with Crippen molar-refractivity contribution in [2.45, 2.75) is 26.8 Å². The summed E-state index contributed by atoms with van der Waals surface area (Å²) < 4.78 is 21.5. The van der Waals surface area contributed by atoms with E-state index in [0.717, 1.165) is 0 Å². The van der Waals surface area contributed by atoms with Gasteiger partial charge in [-0.05, 0) is 39.0 Å². The normalized spacial score (nSPS) is 11.7. The predicted molar refractivity (Wildman–Crippen MR) is 126 cm³/mol. The molecule has 0 fully saturated rings. The average Bonchev–Trinajstić information content (AvgIpc) is 2.77. The van der Waals surface area contributed by atoms with Gasteiger partial charge in [0.25, 0.3) is 5.91 Å². The van der Waals surface area contributed by atoms with E-state index in [-0.39, 0.29) is 22.1 Å². The third-order valence-electron chi connectivity index (χ3n) is 4.25. The molecule has 0 saturated carbocycles. The number of azo groups is 1. The van der Waals surface area contributed by atoms with Gasteiger partial charge in [0.2, 0.25) is 6.04 Å². The van der Waals surface area contributed by atoms with Crippen LogP contribution in [0.3, 0.4) is 0 Å². The zero-order chi connectivity index (χ0) is 24.5. The molecule has 1 atom stereocenters. The van der Waals surface area contributed by atoms with Crippen molar-refractivity contribution in [3.63, 3.8) is 0 Å². The molecule has 33 heavy (non-hydrogen) atoms. The highest BCUT2D eigenvalue weighted by atomic mass is 35.5. The molecule has 178 valence electrons. The minimum atomic E-state index is -1.47. The number of halogens is 2. The Morgan fingerprint density at radius 3 is 2.21 bits per heavy atom. The number of ether oxygens (including phenoxy) is 4. The molecule has 2 aromatic carbocycles. The fourth-order valence-corrected chi connectivity index (χ4v) is 3.27. The summed E-state index contributed by atoms with van der Waals surface area (Å²) in [6.45, 7) is 5.52. The van der Waals surface area contributed by atoms with Gasteiger partial charge in [-0.1, -0.05) is 23.2 Å². The number of anilines is 1. The molecule has 2 aromatic rings. The molecule has 0 aliphatic carbocycles. The maximum Gasteiger partial charge on any atom is 0.258 e. The van der Waals surface area contributed by atoms with Crippen LogP contribution >= 0.6 is 23.2 Å². The van der Waals surface area contributed by atoms with Gasteiger partial charge in [0.1, 0.15) is 27.9 Å². The van der Waals surface area contributed by atoms with E-state index in [1.54, 1.807) is 26.0 Å². The van der Waals surface area contributed by atoms with Crippen LogP contribution in [0.5, 0.6) is 23.0 Å². The maximum absolute atomic E-state index is 13.0. The Morgan fingerprint density at radius 2 is 1.64 bits per heavy atom. The van der Waals surface area contributed by atoms with Crippen molar-refractivity contribution in [3.05, 3.63) is 34.3 Å². The van der Waals surface area contributed by atoms with Crippen molar-refractivity contribution < 1.29 is 28.5 Å². The number of rotatable bonds is 11. The molecule has 0 saturated heterocycles. The van der Waals surface area contributed by atoms with E-state index in [1.807, 2.05) is 0 Å². The Bertz CT molecular complexity index is 1050. The quantitative estimate of drug-likeness (QED) is 0.324. The number of amides is 1. The number of hydrogen-bond acceptors (Lipinski definition) is 8. The summed E-state index contributed by atoms with van der Waals surface area (Å²) in [6, 6.07) is 4.78. The van der Waals surface area contributed by atoms with Crippen molar-refractivity contribution in [3.8, 4) is 23.0 Å². The van der Waals surface area contributed by atoms with Crippen LogP contribution in [0, 0.1) is 0 Å². The minimum Gasteiger partial charge on any atom is -0.493 e. The standard InChI is InChI=1S/C22H25Cl2N3O6/c1-6-32-15-8-9-16(33-7-2)20(18(15)24)25-22(29)19(12(3)28)27-26-14-10-13(23)11-17(30-4)21(14)31-5/h8-11,19H,6-7H2,1-5H3,(H,25,29). The summed E-state index contributed by atoms with van der Waals surface area (Å²) in [6.07, 6.45) is 0. The minimum absolute atomic E-state index is 0.136. The van der Waals surface area contributed by atoms with Crippen LogP contribution in [0.1, 0.15) is 20.8 Å². The van der Waals surface area contributed by atoms with Crippen molar-refractivity contribution in [1.29, 1.82) is 0 Å². The fraction of sp³-hybridized carbons (Fsp3) is 0.364. The van der Waals surface area contributed by atoms with Gasteiger partial charge >= 0.3 is 0 Å². The maximum atomic E-state index is 13.0. The molecule has 11 heteroatoms. The van der Waals surface area contributed by atoms with E-state index in [0.29, 0.717) is 35.5 Å². The Kier molecular flexibility index (Phi) is 9.74. The number of Topliss-reactive ketones (excluding diaryl/α,β-unsaturated/α-hetero) is 1. The van der Waals surface area contributed by atoms with Crippen LogP contribution in [-0.4, -0.2) is 45.2 Å². The van der Waals surface area contributed by atoms with Gasteiger partial charge in [-0.2, -0.15) is 10.2 Å². The second-order valence-corrected chi connectivity index (χ2v) is 7.31. The lowest BCUT2D eigenvalue weighted by Gasteiger charge is -2.17. The molecule has 0 bridgehead atoms. The summed E-state index contributed by atoms with van der Waals surface area (Å²) >= 11 is 12.5. The second-order valence-electron chi connectivity index (χ2n) is 6.50. The average molecular weight is 498 g/mol. The number of benzene rings is 2. The van der Waals surface area contributed by atoms with Crippen LogP contribution in [0.15, 0.2) is 34.5 Å². The molecule has 9 nitrogen and oxygen atoms in total. The molecular formula is C22H25Cl2N3O6. The largest absolute Gasteiger partial charge is 0.493 e. The lowest BCUT2D eigenvalue weighted by atomic mass is 10.2. The zero-order valence-corrected chi connectivity index (χ0v) is 20.4. The SMILES string of the molecule is CCOc1ccc(OCC)c(NC(=O)C(N=Nc2cc(Cl)cc(OC)c2OC)C(C)=O)c1Cl. The van der Waals surface area contributed by atoms with E-state index in [2.05, 4.69) is 15.5 Å². The summed E-state index contributed by atoms with van der Waals surface area (Å²) in [7, 11) is 2.86. The number of methoxy groups -OCH3 is 2. The van der Waals surface area contributed by atoms with Crippen LogP contribution in [0.4, 0.5) is 11.4 Å². The third kappa shape index (κ3) is 6.49. The molecule has 0 aromatic heterocycles. The molecule has 0 heterocycles. The Morgan fingerprint density at radius 1 is 1.00 bits per heavy atom. The van der Waals surface area contributed by atoms with E-state index >= 15 is 0 Å². The molecular weight excluding hydrogens is 473 g/mol. The molecule has 1 N–H and O–H groups in total. The summed E-state index contributed by atoms with van der Waals surface area (Å²) in [4.78, 5) is 25.2. The Hall–Kier alpha value is -3.04. The van der Waals surface area contributed by atoms with E-state index in [9.17, 15) is 9.59 Å². The highest BCUT2D eigenvalue weighted by molar-refractivity contribution is 6.36. The second kappa shape index (κ2) is 12.3. The van der Waals surface area contributed by atoms with Gasteiger partial charge in [-0.15, -0.1) is 0 Å². The smallest absolute Gasteiger partial charge is 0.258 e. The van der Waals surface area contributed by atoms with Crippen LogP contribution < -0.4 is 24.3 Å². The van der Waals surface area contributed by atoms with Crippen LogP contribution in [0.2, 0.25) is 10.0 Å². The lowest BCUT2D eigenvalue weighted by Crippen LogP contribution is -2.32. The first-order valence-electron chi connectivity index (χ1n) is 9.99. The van der Waals surface area contributed by atoms with E-state index < -0.39 is 17.7 Å². The highest BCUT2D eigenvalue weighted by Crippen LogP contribution is 2.41. The van der Waals surface area contributed by atoms with Gasteiger partial charge in [-0.25, -0.2) is 0 Å². The fourth-order valence-electron chi connectivity index (χ4n) is 2.81. The Balaban J connectivity index is 2.41. The van der Waals surface area contributed by atoms with Crippen LogP contribution in [-0.2, 0) is 9.59 Å². The number of carbonyl (C=O) groups excluding carboxylic acids is 2. The number of ketones is 1. The van der Waals surface area contributed by atoms with E-state index in [4.69, 9.17) is 42.1 Å². The first-order valence-corrected chi connectivity index (χ1v) is 10.7. The molecule has 2 rings (SSSR count). The zero-order valence-electron chi connectivity index (χ0n) is 18.9. The summed E-state index contributed by atoms with van der Waals surface area (Å²) in [5.74, 6) is -0.0486. The molecule has 0 aliphatic heterocycles. The first-order chi connectivity index (χ1) is 15.8. The molecule has 1 amide bonds. The van der Waals surface area contributed by atoms with Crippen molar-refractivity contribution in [2.75, 3.05) is 32.8 Å². The number of nitrogens with zero attached hydrogens (tertiary/aromatic N) is 2. The molecule has 0 spiro atoms. The van der Waals surface area contributed by atoms with Gasteiger partial charge in [-0.3, -0.25) is 9.59 Å². The first kappa shape index (κ1) is 26.2. The predicted octanol–water partition coefficient (Wildman–Crippen LogP) is 5.49.